The van der Waals surface area contributed by atoms with Crippen LogP contribution in [0.5, 0.6) is 0 Å². The molecule has 1 atom stereocenters. The van der Waals surface area contributed by atoms with Crippen molar-refractivity contribution in [3.8, 4) is 0 Å². The van der Waals surface area contributed by atoms with E-state index < -0.39 is 6.10 Å². The van der Waals surface area contributed by atoms with E-state index >= 15 is 0 Å². The first-order chi connectivity index (χ1) is 5.77. The fourth-order valence-electron chi connectivity index (χ4n) is 0.747. The molecule has 0 bridgehead atoms. The lowest BCUT2D eigenvalue weighted by atomic mass is 10.3. The van der Waals surface area contributed by atoms with E-state index in [0.717, 1.165) is 5.01 Å². The molecule has 0 aliphatic rings. The molecule has 0 aromatic carbocycles. The molecule has 0 saturated heterocycles. The molecule has 1 rings (SSSR count). The Hall–Kier alpha value is -0.160. The third kappa shape index (κ3) is 2.42. The van der Waals surface area contributed by atoms with E-state index in [-0.39, 0.29) is 5.88 Å². The Kier molecular flexibility index (Phi) is 3.94. The van der Waals surface area contributed by atoms with E-state index in [9.17, 15) is 5.11 Å². The fourth-order valence-corrected chi connectivity index (χ4v) is 1.72. The number of aliphatic hydroxyl groups is 1. The van der Waals surface area contributed by atoms with Crippen molar-refractivity contribution in [2.45, 2.75) is 12.7 Å². The molecule has 0 radical (unpaired) electrons. The summed E-state index contributed by atoms with van der Waals surface area (Å²) in [6, 6.07) is 0. The molecule has 68 valence electrons. The molecule has 1 aromatic heterocycles. The van der Waals surface area contributed by atoms with Crippen molar-refractivity contribution in [2.24, 2.45) is 0 Å². The Bertz CT molecular complexity index is 241. The number of halogens is 1. The maximum atomic E-state index is 9.28. The number of thiazole rings is 1. The molecule has 3 nitrogen and oxygen atoms in total. The summed E-state index contributed by atoms with van der Waals surface area (Å²) in [5, 5.41) is 11.9. The van der Waals surface area contributed by atoms with Gasteiger partial charge in [0.15, 0.2) is 0 Å². The van der Waals surface area contributed by atoms with E-state index in [2.05, 4.69) is 4.98 Å². The third-order valence-corrected chi connectivity index (χ3v) is 2.46. The lowest BCUT2D eigenvalue weighted by Gasteiger charge is -2.00. The molecular weight excluding hydrogens is 198 g/mol. The van der Waals surface area contributed by atoms with Crippen molar-refractivity contribution in [3.63, 3.8) is 0 Å². The van der Waals surface area contributed by atoms with Crippen molar-refractivity contribution in [1.29, 1.82) is 0 Å². The predicted molar refractivity (Wildman–Crippen MR) is 48.5 cm³/mol. The van der Waals surface area contributed by atoms with Crippen LogP contribution in [-0.2, 0) is 11.3 Å². The SMILES string of the molecule is COCc1nc(C(O)CCl)cs1. The van der Waals surface area contributed by atoms with Crippen molar-refractivity contribution < 1.29 is 9.84 Å². The normalized spacial score (nSPS) is 13.2. The van der Waals surface area contributed by atoms with Gasteiger partial charge in [-0.25, -0.2) is 4.98 Å². The number of hydrogen-bond donors (Lipinski definition) is 1. The van der Waals surface area contributed by atoms with Gasteiger partial charge in [0.2, 0.25) is 0 Å². The van der Waals surface area contributed by atoms with Gasteiger partial charge in [0.1, 0.15) is 11.1 Å². The van der Waals surface area contributed by atoms with E-state index in [0.29, 0.717) is 12.3 Å². The van der Waals surface area contributed by atoms with Crippen molar-refractivity contribution in [2.75, 3.05) is 13.0 Å². The van der Waals surface area contributed by atoms with Gasteiger partial charge in [0.05, 0.1) is 18.2 Å². The van der Waals surface area contributed by atoms with Crippen LogP contribution in [0.15, 0.2) is 5.38 Å². The van der Waals surface area contributed by atoms with Gasteiger partial charge < -0.3 is 9.84 Å². The maximum Gasteiger partial charge on any atom is 0.119 e. The summed E-state index contributed by atoms with van der Waals surface area (Å²) in [6.45, 7) is 0.486. The zero-order valence-electron chi connectivity index (χ0n) is 6.66. The van der Waals surface area contributed by atoms with Crippen LogP contribution in [0.1, 0.15) is 16.8 Å². The number of alkyl halides is 1. The van der Waals surface area contributed by atoms with Gasteiger partial charge in [0.25, 0.3) is 0 Å². The Labute approximate surface area is 80.0 Å². The second kappa shape index (κ2) is 4.77. The molecule has 5 heteroatoms. The molecular formula is C7H10ClNO2S. The quantitative estimate of drug-likeness (QED) is 0.763. The van der Waals surface area contributed by atoms with Gasteiger partial charge >= 0.3 is 0 Å². The summed E-state index contributed by atoms with van der Waals surface area (Å²) in [6.07, 6.45) is -0.659. The summed E-state index contributed by atoms with van der Waals surface area (Å²) in [7, 11) is 1.61. The van der Waals surface area contributed by atoms with E-state index in [1.54, 1.807) is 12.5 Å². The molecule has 0 amide bonds. The fraction of sp³-hybridized carbons (Fsp3) is 0.571. The zero-order chi connectivity index (χ0) is 8.97. The van der Waals surface area contributed by atoms with Gasteiger partial charge in [-0.2, -0.15) is 0 Å². The van der Waals surface area contributed by atoms with Crippen LogP contribution >= 0.6 is 22.9 Å². The number of nitrogens with zero attached hydrogens (tertiary/aromatic N) is 1. The van der Waals surface area contributed by atoms with Gasteiger partial charge in [-0.15, -0.1) is 22.9 Å². The highest BCUT2D eigenvalue weighted by Gasteiger charge is 2.09. The average Bonchev–Trinajstić information content (AvgIpc) is 2.52. The Morgan fingerprint density at radius 3 is 3.17 bits per heavy atom. The van der Waals surface area contributed by atoms with Gasteiger partial charge in [-0.1, -0.05) is 0 Å². The molecule has 0 aliphatic heterocycles. The van der Waals surface area contributed by atoms with Crippen molar-refractivity contribution in [3.05, 3.63) is 16.1 Å². The lowest BCUT2D eigenvalue weighted by molar-refractivity contribution is 0.181. The molecule has 0 aliphatic carbocycles. The maximum absolute atomic E-state index is 9.28. The standard InChI is InChI=1S/C7H10ClNO2S/c1-11-3-7-9-5(4-12-7)6(10)2-8/h4,6,10H,2-3H2,1H3. The Morgan fingerprint density at radius 2 is 2.58 bits per heavy atom. The summed E-state index contributed by atoms with van der Waals surface area (Å²) in [5.41, 5.74) is 0.627. The Morgan fingerprint density at radius 1 is 1.83 bits per heavy atom. The van der Waals surface area contributed by atoms with Gasteiger partial charge in [0, 0.05) is 12.5 Å². The van der Waals surface area contributed by atoms with Crippen LogP contribution in [0.3, 0.4) is 0 Å². The van der Waals surface area contributed by atoms with E-state index in [4.69, 9.17) is 16.3 Å². The van der Waals surface area contributed by atoms with Crippen molar-refractivity contribution in [1.82, 2.24) is 4.98 Å². The smallest absolute Gasteiger partial charge is 0.119 e. The summed E-state index contributed by atoms with van der Waals surface area (Å²) < 4.78 is 4.89. The second-order valence-electron chi connectivity index (χ2n) is 2.27. The van der Waals surface area contributed by atoms with E-state index in [1.807, 2.05) is 0 Å². The van der Waals surface area contributed by atoms with Gasteiger partial charge in [-0.05, 0) is 0 Å². The molecule has 1 unspecified atom stereocenters. The summed E-state index contributed by atoms with van der Waals surface area (Å²) in [4.78, 5) is 4.13. The minimum atomic E-state index is -0.659. The topological polar surface area (TPSA) is 42.4 Å². The van der Waals surface area contributed by atoms with Crippen LogP contribution in [0.2, 0.25) is 0 Å². The van der Waals surface area contributed by atoms with Crippen LogP contribution in [0, 0.1) is 0 Å². The molecule has 1 N–H and O–H groups in total. The van der Waals surface area contributed by atoms with Crippen LogP contribution in [-0.4, -0.2) is 23.1 Å². The number of hydrogen-bond acceptors (Lipinski definition) is 4. The molecule has 0 fully saturated rings. The largest absolute Gasteiger partial charge is 0.386 e. The highest BCUT2D eigenvalue weighted by Crippen LogP contribution is 2.17. The van der Waals surface area contributed by atoms with Crippen LogP contribution < -0.4 is 0 Å². The second-order valence-corrected chi connectivity index (χ2v) is 3.52. The first kappa shape index (κ1) is 9.92. The average molecular weight is 208 g/mol. The first-order valence-electron chi connectivity index (χ1n) is 3.45. The molecule has 0 spiro atoms. The number of methoxy groups -OCH3 is 1. The van der Waals surface area contributed by atoms with E-state index in [1.165, 1.54) is 11.3 Å². The minimum absolute atomic E-state index is 0.177. The third-order valence-electron chi connectivity index (χ3n) is 1.32. The highest BCUT2D eigenvalue weighted by atomic mass is 35.5. The molecule has 1 heterocycles. The van der Waals surface area contributed by atoms with Crippen LogP contribution in [0.4, 0.5) is 0 Å². The molecule has 1 aromatic rings. The van der Waals surface area contributed by atoms with Crippen molar-refractivity contribution >= 4 is 22.9 Å². The monoisotopic (exact) mass is 207 g/mol. The molecule has 0 saturated carbocycles. The first-order valence-corrected chi connectivity index (χ1v) is 4.86. The highest BCUT2D eigenvalue weighted by molar-refractivity contribution is 7.09. The number of aromatic nitrogens is 1. The van der Waals surface area contributed by atoms with Gasteiger partial charge in [-0.3, -0.25) is 0 Å². The number of aliphatic hydroxyl groups excluding tert-OH is 1. The number of ether oxygens (including phenoxy) is 1. The predicted octanol–water partition coefficient (Wildman–Crippen LogP) is 1.56. The summed E-state index contributed by atoms with van der Waals surface area (Å²) in [5.74, 6) is 0.177. The summed E-state index contributed by atoms with van der Waals surface area (Å²) >= 11 is 6.92. The zero-order valence-corrected chi connectivity index (χ0v) is 8.23. The minimum Gasteiger partial charge on any atom is -0.386 e. The Balaban J connectivity index is 2.63. The van der Waals surface area contributed by atoms with Crippen LogP contribution in [0.25, 0.3) is 0 Å². The number of rotatable bonds is 4. The lowest BCUT2D eigenvalue weighted by Crippen LogP contribution is -1.99. The molecule has 12 heavy (non-hydrogen) atoms.